The van der Waals surface area contributed by atoms with Crippen molar-refractivity contribution >= 4 is 11.8 Å². The number of rotatable bonds is 3. The van der Waals surface area contributed by atoms with Crippen molar-refractivity contribution in [2.24, 2.45) is 5.73 Å². The Morgan fingerprint density at radius 2 is 2.47 bits per heavy atom. The molecule has 1 aliphatic heterocycles. The van der Waals surface area contributed by atoms with Crippen LogP contribution in [0.15, 0.2) is 12.4 Å². The lowest BCUT2D eigenvalue weighted by Gasteiger charge is -2.08. The minimum absolute atomic E-state index is 0.109. The molecule has 3 nitrogen and oxygen atoms in total. The Hall–Kier alpha value is -0.480. The standard InChI is InChI=1S/C11H17N3S/c12-11(2-3-11)5-9-6-13-14(7-9)10-1-4-15-8-10/h6-7,10H,1-5,8,12H2. The molecule has 82 valence electrons. The number of aromatic nitrogens is 2. The minimum Gasteiger partial charge on any atom is -0.325 e. The molecule has 0 radical (unpaired) electrons. The molecular weight excluding hydrogens is 206 g/mol. The van der Waals surface area contributed by atoms with E-state index in [1.165, 1.54) is 36.3 Å². The summed E-state index contributed by atoms with van der Waals surface area (Å²) in [5, 5.41) is 4.46. The van der Waals surface area contributed by atoms with E-state index in [-0.39, 0.29) is 5.54 Å². The SMILES string of the molecule is NC1(Cc2cnn(C3CCSC3)c2)CC1. The molecule has 1 saturated heterocycles. The van der Waals surface area contributed by atoms with Crippen LogP contribution in [0.4, 0.5) is 0 Å². The molecule has 0 bridgehead atoms. The van der Waals surface area contributed by atoms with Gasteiger partial charge in [0.2, 0.25) is 0 Å². The minimum atomic E-state index is 0.109. The number of hydrogen-bond acceptors (Lipinski definition) is 3. The molecule has 2 heterocycles. The van der Waals surface area contributed by atoms with E-state index in [9.17, 15) is 0 Å². The summed E-state index contributed by atoms with van der Waals surface area (Å²) in [7, 11) is 0. The number of thioether (sulfide) groups is 1. The van der Waals surface area contributed by atoms with E-state index in [0.29, 0.717) is 6.04 Å². The Labute approximate surface area is 94.4 Å². The lowest BCUT2D eigenvalue weighted by atomic mass is 10.1. The van der Waals surface area contributed by atoms with E-state index in [1.807, 2.05) is 18.0 Å². The van der Waals surface area contributed by atoms with Crippen molar-refractivity contribution < 1.29 is 0 Å². The van der Waals surface area contributed by atoms with E-state index in [0.717, 1.165) is 6.42 Å². The molecule has 1 aromatic heterocycles. The van der Waals surface area contributed by atoms with Crippen LogP contribution in [-0.4, -0.2) is 26.8 Å². The summed E-state index contributed by atoms with van der Waals surface area (Å²) in [5.74, 6) is 2.50. The highest BCUT2D eigenvalue weighted by molar-refractivity contribution is 7.99. The first kappa shape index (κ1) is 9.73. The van der Waals surface area contributed by atoms with Crippen LogP contribution in [0, 0.1) is 0 Å². The average molecular weight is 223 g/mol. The first-order valence-corrected chi connectivity index (χ1v) is 6.80. The molecule has 2 fully saturated rings. The third kappa shape index (κ3) is 2.06. The summed E-state index contributed by atoms with van der Waals surface area (Å²) in [4.78, 5) is 0. The van der Waals surface area contributed by atoms with Crippen molar-refractivity contribution in [2.45, 2.75) is 37.3 Å². The molecule has 3 rings (SSSR count). The zero-order valence-electron chi connectivity index (χ0n) is 8.85. The fraction of sp³-hybridized carbons (Fsp3) is 0.727. The van der Waals surface area contributed by atoms with E-state index < -0.39 is 0 Å². The summed E-state index contributed by atoms with van der Waals surface area (Å²) in [6.07, 6.45) is 8.82. The van der Waals surface area contributed by atoms with Crippen molar-refractivity contribution in [1.82, 2.24) is 9.78 Å². The number of nitrogens with two attached hydrogens (primary N) is 1. The first-order valence-electron chi connectivity index (χ1n) is 5.65. The highest BCUT2D eigenvalue weighted by Gasteiger charge is 2.38. The maximum Gasteiger partial charge on any atom is 0.0617 e. The second-order valence-corrected chi connectivity index (χ2v) is 6.03. The van der Waals surface area contributed by atoms with E-state index in [4.69, 9.17) is 5.73 Å². The van der Waals surface area contributed by atoms with Gasteiger partial charge in [0.05, 0.1) is 12.2 Å². The summed E-state index contributed by atoms with van der Waals surface area (Å²) in [6.45, 7) is 0. The van der Waals surface area contributed by atoms with Crippen molar-refractivity contribution in [3.63, 3.8) is 0 Å². The van der Waals surface area contributed by atoms with Gasteiger partial charge in [-0.15, -0.1) is 0 Å². The smallest absolute Gasteiger partial charge is 0.0617 e. The van der Waals surface area contributed by atoms with Gasteiger partial charge in [0.15, 0.2) is 0 Å². The summed E-state index contributed by atoms with van der Waals surface area (Å²) in [6, 6.07) is 0.622. The average Bonchev–Trinajstić information content (AvgIpc) is 2.73. The molecule has 1 atom stereocenters. The van der Waals surface area contributed by atoms with Gasteiger partial charge in [0.25, 0.3) is 0 Å². The number of nitrogens with zero attached hydrogens (tertiary/aromatic N) is 2. The van der Waals surface area contributed by atoms with Gasteiger partial charge in [-0.1, -0.05) is 0 Å². The third-order valence-electron chi connectivity index (χ3n) is 3.38. The van der Waals surface area contributed by atoms with Gasteiger partial charge >= 0.3 is 0 Å². The van der Waals surface area contributed by atoms with E-state index in [1.54, 1.807) is 0 Å². The predicted molar refractivity (Wildman–Crippen MR) is 63.1 cm³/mol. The molecule has 2 aliphatic rings. The van der Waals surface area contributed by atoms with E-state index in [2.05, 4.69) is 16.0 Å². The van der Waals surface area contributed by atoms with Crippen molar-refractivity contribution in [2.75, 3.05) is 11.5 Å². The Morgan fingerprint density at radius 3 is 3.13 bits per heavy atom. The summed E-state index contributed by atoms with van der Waals surface area (Å²) < 4.78 is 2.14. The topological polar surface area (TPSA) is 43.8 Å². The van der Waals surface area contributed by atoms with Gasteiger partial charge in [-0.05, 0) is 37.0 Å². The Morgan fingerprint density at radius 1 is 1.60 bits per heavy atom. The zero-order chi connectivity index (χ0) is 10.3. The second kappa shape index (κ2) is 3.52. The lowest BCUT2D eigenvalue weighted by molar-refractivity contribution is 0.501. The van der Waals surface area contributed by atoms with Crippen LogP contribution in [0.25, 0.3) is 0 Å². The van der Waals surface area contributed by atoms with Gasteiger partial charge in [0, 0.05) is 17.5 Å². The first-order chi connectivity index (χ1) is 7.25. The second-order valence-electron chi connectivity index (χ2n) is 4.89. The molecule has 2 N–H and O–H groups in total. The van der Waals surface area contributed by atoms with Crippen LogP contribution >= 0.6 is 11.8 Å². The largest absolute Gasteiger partial charge is 0.325 e. The van der Waals surface area contributed by atoms with Crippen LogP contribution in [-0.2, 0) is 6.42 Å². The fourth-order valence-corrected chi connectivity index (χ4v) is 3.34. The Bertz CT molecular complexity index is 350. The highest BCUT2D eigenvalue weighted by Crippen LogP contribution is 2.36. The van der Waals surface area contributed by atoms with Gasteiger partial charge in [-0.25, -0.2) is 0 Å². The van der Waals surface area contributed by atoms with Crippen molar-refractivity contribution in [1.29, 1.82) is 0 Å². The highest BCUT2D eigenvalue weighted by atomic mass is 32.2. The normalized spacial score (nSPS) is 28.2. The van der Waals surface area contributed by atoms with Gasteiger partial charge < -0.3 is 5.73 Å². The molecule has 1 unspecified atom stereocenters. The summed E-state index contributed by atoms with van der Waals surface area (Å²) >= 11 is 2.03. The van der Waals surface area contributed by atoms with E-state index >= 15 is 0 Å². The molecule has 1 aliphatic carbocycles. The fourth-order valence-electron chi connectivity index (χ4n) is 2.14. The van der Waals surface area contributed by atoms with Crippen LogP contribution in [0.2, 0.25) is 0 Å². The molecule has 0 aromatic carbocycles. The molecule has 1 aromatic rings. The molecule has 4 heteroatoms. The van der Waals surface area contributed by atoms with Gasteiger partial charge in [0.1, 0.15) is 0 Å². The lowest BCUT2D eigenvalue weighted by Crippen LogP contribution is -2.24. The Balaban J connectivity index is 1.69. The van der Waals surface area contributed by atoms with Gasteiger partial charge in [-0.2, -0.15) is 16.9 Å². The monoisotopic (exact) mass is 223 g/mol. The molecule has 0 spiro atoms. The molecular formula is C11H17N3S. The predicted octanol–water partition coefficient (Wildman–Crippen LogP) is 1.59. The zero-order valence-corrected chi connectivity index (χ0v) is 9.67. The van der Waals surface area contributed by atoms with Gasteiger partial charge in [-0.3, -0.25) is 4.68 Å². The molecule has 0 amide bonds. The molecule has 15 heavy (non-hydrogen) atoms. The van der Waals surface area contributed by atoms with Crippen LogP contribution < -0.4 is 5.73 Å². The third-order valence-corrected chi connectivity index (χ3v) is 4.53. The van der Waals surface area contributed by atoms with Crippen LogP contribution in [0.3, 0.4) is 0 Å². The quantitative estimate of drug-likeness (QED) is 0.846. The number of hydrogen-bond donors (Lipinski definition) is 1. The summed E-state index contributed by atoms with van der Waals surface area (Å²) in [5.41, 5.74) is 7.52. The van der Waals surface area contributed by atoms with Crippen LogP contribution in [0.1, 0.15) is 30.9 Å². The molecule has 1 saturated carbocycles. The van der Waals surface area contributed by atoms with Crippen LogP contribution in [0.5, 0.6) is 0 Å². The maximum atomic E-state index is 6.10. The van der Waals surface area contributed by atoms with Crippen molar-refractivity contribution in [3.05, 3.63) is 18.0 Å². The Kier molecular flexibility index (Phi) is 2.29. The van der Waals surface area contributed by atoms with Crippen molar-refractivity contribution in [3.8, 4) is 0 Å². The maximum absolute atomic E-state index is 6.10.